The summed E-state index contributed by atoms with van der Waals surface area (Å²) in [5, 5.41) is 4.86. The van der Waals surface area contributed by atoms with Crippen molar-refractivity contribution < 1.29 is 0 Å². The van der Waals surface area contributed by atoms with Crippen LogP contribution in [0, 0.1) is 0 Å². The zero-order valence-electron chi connectivity index (χ0n) is 13.2. The minimum absolute atomic E-state index is 0.00394. The first-order valence-electron chi connectivity index (χ1n) is 7.86. The number of benzene rings is 1. The van der Waals surface area contributed by atoms with Crippen LogP contribution in [0.5, 0.6) is 0 Å². The number of fused-ring (bicyclic) bond motifs is 1. The van der Waals surface area contributed by atoms with Crippen molar-refractivity contribution in [1.82, 2.24) is 19.3 Å². The van der Waals surface area contributed by atoms with Gasteiger partial charge < -0.3 is 5.73 Å². The normalized spacial score (nSPS) is 16.0. The fraction of sp³-hybridized carbons (Fsp3) is 0.353. The van der Waals surface area contributed by atoms with Crippen molar-refractivity contribution >= 4 is 10.9 Å². The van der Waals surface area contributed by atoms with Crippen LogP contribution in [0.25, 0.3) is 22.0 Å². The van der Waals surface area contributed by atoms with E-state index in [1.807, 2.05) is 38.4 Å². The van der Waals surface area contributed by atoms with Gasteiger partial charge in [-0.3, -0.25) is 14.0 Å². The Bertz CT molecular complexity index is 949. The molecule has 0 aliphatic heterocycles. The van der Waals surface area contributed by atoms with Gasteiger partial charge in [-0.2, -0.15) is 5.10 Å². The minimum Gasteiger partial charge on any atom is -0.322 e. The Morgan fingerprint density at radius 2 is 2.13 bits per heavy atom. The lowest BCUT2D eigenvalue weighted by Gasteiger charge is -2.16. The van der Waals surface area contributed by atoms with Crippen LogP contribution in [-0.4, -0.2) is 19.3 Å². The van der Waals surface area contributed by atoms with Crippen LogP contribution in [-0.2, 0) is 7.05 Å². The van der Waals surface area contributed by atoms with Gasteiger partial charge in [0.15, 0.2) is 0 Å². The highest BCUT2D eigenvalue weighted by Gasteiger charge is 2.29. The van der Waals surface area contributed by atoms with Gasteiger partial charge in [0.1, 0.15) is 5.82 Å². The number of aromatic nitrogens is 4. The Labute approximate surface area is 133 Å². The SMILES string of the molecule is CC(N)c1nc2cccc(-c3cnn(C)c3)c2c(=O)n1C1CC1. The van der Waals surface area contributed by atoms with Crippen molar-refractivity contribution in [2.45, 2.75) is 31.8 Å². The Morgan fingerprint density at radius 3 is 2.74 bits per heavy atom. The van der Waals surface area contributed by atoms with Gasteiger partial charge in [0.05, 0.1) is 23.1 Å². The van der Waals surface area contributed by atoms with Gasteiger partial charge in [0.25, 0.3) is 5.56 Å². The molecule has 6 heteroatoms. The maximum atomic E-state index is 13.2. The summed E-state index contributed by atoms with van der Waals surface area (Å²) in [4.78, 5) is 17.9. The van der Waals surface area contributed by atoms with Gasteiger partial charge >= 0.3 is 0 Å². The van der Waals surface area contributed by atoms with Gasteiger partial charge in [-0.25, -0.2) is 4.98 Å². The van der Waals surface area contributed by atoms with Crippen LogP contribution >= 0.6 is 0 Å². The van der Waals surface area contributed by atoms with Gasteiger partial charge in [-0.1, -0.05) is 12.1 Å². The minimum atomic E-state index is -0.269. The number of hydrogen-bond donors (Lipinski definition) is 1. The van der Waals surface area contributed by atoms with E-state index in [-0.39, 0.29) is 17.6 Å². The van der Waals surface area contributed by atoms with E-state index in [0.29, 0.717) is 16.7 Å². The molecule has 1 fully saturated rings. The van der Waals surface area contributed by atoms with Gasteiger partial charge in [0, 0.05) is 24.8 Å². The molecule has 0 bridgehead atoms. The summed E-state index contributed by atoms with van der Waals surface area (Å²) >= 11 is 0. The predicted molar refractivity (Wildman–Crippen MR) is 89.1 cm³/mol. The second-order valence-corrected chi connectivity index (χ2v) is 6.27. The lowest BCUT2D eigenvalue weighted by molar-refractivity contribution is 0.594. The zero-order chi connectivity index (χ0) is 16.1. The van der Waals surface area contributed by atoms with E-state index in [9.17, 15) is 4.79 Å². The first-order chi connectivity index (χ1) is 11.1. The molecule has 1 aromatic carbocycles. The topological polar surface area (TPSA) is 78.7 Å². The predicted octanol–water partition coefficient (Wildman–Crippen LogP) is 2.15. The Morgan fingerprint density at radius 1 is 1.35 bits per heavy atom. The first-order valence-corrected chi connectivity index (χ1v) is 7.86. The van der Waals surface area contributed by atoms with Gasteiger partial charge in [-0.05, 0) is 31.4 Å². The number of nitrogens with two attached hydrogens (primary N) is 1. The quantitative estimate of drug-likeness (QED) is 0.804. The van der Waals surface area contributed by atoms with E-state index in [2.05, 4.69) is 5.10 Å². The van der Waals surface area contributed by atoms with Crippen molar-refractivity contribution in [1.29, 1.82) is 0 Å². The van der Waals surface area contributed by atoms with E-state index in [0.717, 1.165) is 24.0 Å². The fourth-order valence-corrected chi connectivity index (χ4v) is 3.07. The lowest BCUT2D eigenvalue weighted by Crippen LogP contribution is -2.28. The van der Waals surface area contributed by atoms with Gasteiger partial charge in [0.2, 0.25) is 0 Å². The molecule has 6 nitrogen and oxygen atoms in total. The molecule has 0 amide bonds. The molecule has 1 atom stereocenters. The third kappa shape index (κ3) is 2.26. The van der Waals surface area contributed by atoms with Crippen LogP contribution in [0.2, 0.25) is 0 Å². The monoisotopic (exact) mass is 309 g/mol. The smallest absolute Gasteiger partial charge is 0.262 e. The molecular weight excluding hydrogens is 290 g/mol. The molecule has 0 radical (unpaired) electrons. The Hall–Kier alpha value is -2.47. The molecule has 0 spiro atoms. The summed E-state index contributed by atoms with van der Waals surface area (Å²) in [6.07, 6.45) is 5.72. The summed E-state index contributed by atoms with van der Waals surface area (Å²) in [6, 6.07) is 5.71. The molecule has 3 aromatic rings. The van der Waals surface area contributed by atoms with Crippen LogP contribution in [0.1, 0.15) is 37.7 Å². The van der Waals surface area contributed by atoms with Crippen LogP contribution < -0.4 is 11.3 Å². The number of nitrogens with zero attached hydrogens (tertiary/aromatic N) is 4. The molecule has 0 saturated heterocycles. The van der Waals surface area contributed by atoms with E-state index >= 15 is 0 Å². The largest absolute Gasteiger partial charge is 0.322 e. The molecule has 1 aliphatic rings. The summed E-state index contributed by atoms with van der Waals surface area (Å²) in [7, 11) is 1.86. The highest BCUT2D eigenvalue weighted by Crippen LogP contribution is 2.36. The lowest BCUT2D eigenvalue weighted by atomic mass is 10.0. The molecule has 1 saturated carbocycles. The van der Waals surface area contributed by atoms with Crippen molar-refractivity contribution in [3.63, 3.8) is 0 Å². The molecular formula is C17H19N5O. The van der Waals surface area contributed by atoms with E-state index in [1.54, 1.807) is 15.4 Å². The Balaban J connectivity index is 2.07. The van der Waals surface area contributed by atoms with E-state index in [1.165, 1.54) is 0 Å². The molecule has 1 unspecified atom stereocenters. The first kappa shape index (κ1) is 14.1. The van der Waals surface area contributed by atoms with Gasteiger partial charge in [-0.15, -0.1) is 0 Å². The molecule has 2 aromatic heterocycles. The molecule has 1 aliphatic carbocycles. The zero-order valence-corrected chi connectivity index (χ0v) is 13.2. The fourth-order valence-electron chi connectivity index (χ4n) is 3.07. The average Bonchev–Trinajstić information content (AvgIpc) is 3.27. The van der Waals surface area contributed by atoms with Crippen LogP contribution in [0.15, 0.2) is 35.4 Å². The summed E-state index contributed by atoms with van der Waals surface area (Å²) in [5.74, 6) is 0.674. The second kappa shape index (κ2) is 5.03. The number of rotatable bonds is 3. The number of hydrogen-bond acceptors (Lipinski definition) is 4. The van der Waals surface area contributed by atoms with Crippen molar-refractivity contribution in [2.24, 2.45) is 12.8 Å². The van der Waals surface area contributed by atoms with E-state index in [4.69, 9.17) is 10.7 Å². The van der Waals surface area contributed by atoms with Crippen LogP contribution in [0.4, 0.5) is 0 Å². The third-order valence-electron chi connectivity index (χ3n) is 4.29. The highest BCUT2D eigenvalue weighted by atomic mass is 16.1. The van der Waals surface area contributed by atoms with E-state index < -0.39 is 0 Å². The summed E-state index contributed by atoms with van der Waals surface area (Å²) < 4.78 is 3.53. The number of aryl methyl sites for hydroxylation is 1. The Kier molecular flexibility index (Phi) is 3.09. The average molecular weight is 309 g/mol. The van der Waals surface area contributed by atoms with Crippen LogP contribution in [0.3, 0.4) is 0 Å². The molecule has 118 valence electrons. The molecule has 2 N–H and O–H groups in total. The molecule has 23 heavy (non-hydrogen) atoms. The molecule has 2 heterocycles. The molecule has 4 rings (SSSR count). The highest BCUT2D eigenvalue weighted by molar-refractivity contribution is 5.93. The third-order valence-corrected chi connectivity index (χ3v) is 4.29. The maximum Gasteiger partial charge on any atom is 0.262 e. The van der Waals surface area contributed by atoms with Crippen molar-refractivity contribution in [3.05, 3.63) is 46.8 Å². The maximum absolute atomic E-state index is 13.2. The standard InChI is InChI=1S/C17H19N5O/c1-10(18)16-20-14-5-3-4-13(11-8-19-21(2)9-11)15(14)17(23)22(16)12-6-7-12/h3-5,8-10,12H,6-7,18H2,1-2H3. The second-order valence-electron chi connectivity index (χ2n) is 6.27. The van der Waals surface area contributed by atoms with Crippen molar-refractivity contribution in [2.75, 3.05) is 0 Å². The summed E-state index contributed by atoms with van der Waals surface area (Å²) in [5.41, 5.74) is 8.55. The summed E-state index contributed by atoms with van der Waals surface area (Å²) in [6.45, 7) is 1.87. The van der Waals surface area contributed by atoms with Crippen molar-refractivity contribution in [3.8, 4) is 11.1 Å².